The number of carbonyl (C=O) groups excluding carboxylic acids is 2. The van der Waals surface area contributed by atoms with E-state index in [-0.39, 0.29) is 23.2 Å². The van der Waals surface area contributed by atoms with Gasteiger partial charge in [-0.1, -0.05) is 48.9 Å². The van der Waals surface area contributed by atoms with Gasteiger partial charge in [-0.25, -0.2) is 18.1 Å². The zero-order valence-corrected chi connectivity index (χ0v) is 19.0. The highest BCUT2D eigenvalue weighted by molar-refractivity contribution is 7.89. The van der Waals surface area contributed by atoms with Crippen molar-refractivity contribution in [2.24, 2.45) is 0 Å². The van der Waals surface area contributed by atoms with Crippen LogP contribution < -0.4 is 5.32 Å². The Morgan fingerprint density at radius 2 is 1.79 bits per heavy atom. The summed E-state index contributed by atoms with van der Waals surface area (Å²) in [5, 5.41) is 6.95. The largest absolute Gasteiger partial charge is 0.295 e. The molecule has 1 N–H and O–H groups in total. The van der Waals surface area contributed by atoms with Gasteiger partial charge in [0.15, 0.2) is 5.78 Å². The smallest absolute Gasteiger partial charge is 0.248 e. The molecule has 1 aliphatic heterocycles. The van der Waals surface area contributed by atoms with Crippen LogP contribution in [0.5, 0.6) is 0 Å². The maximum Gasteiger partial charge on any atom is 0.248 e. The van der Waals surface area contributed by atoms with Gasteiger partial charge in [-0.3, -0.25) is 14.9 Å². The molecule has 1 saturated heterocycles. The van der Waals surface area contributed by atoms with E-state index in [4.69, 9.17) is 0 Å². The number of ketones is 1. The fraction of sp³-hybridized carbons (Fsp3) is 0.304. The summed E-state index contributed by atoms with van der Waals surface area (Å²) in [4.78, 5) is 28.7. The number of Topliss-reactive ketones (excluding diaryl/α,β-unsaturated/α-hetero) is 1. The molecule has 0 bridgehead atoms. The summed E-state index contributed by atoms with van der Waals surface area (Å²) in [5.41, 5.74) is 1.47. The standard InChI is InChI=1S/C23H25N5O4S/c1-17(29)19-10-12-20(13-11-19)33(31,32)28-14-6-5-9-21(28)22(30)25-23-24-16-27(26-23)15-18-7-3-2-4-8-18/h2-4,7-8,10-13,16,21H,5-6,9,14-15H2,1H3,(H,25,26,30). The Morgan fingerprint density at radius 3 is 2.48 bits per heavy atom. The Balaban J connectivity index is 1.49. The average molecular weight is 468 g/mol. The predicted molar refractivity (Wildman–Crippen MR) is 122 cm³/mol. The molecule has 0 aliphatic carbocycles. The molecule has 1 fully saturated rings. The van der Waals surface area contributed by atoms with Crippen LogP contribution in [0, 0.1) is 0 Å². The number of carbonyl (C=O) groups is 2. The first-order valence-corrected chi connectivity index (χ1v) is 12.2. The van der Waals surface area contributed by atoms with Crippen LogP contribution in [0.2, 0.25) is 0 Å². The molecule has 1 aromatic heterocycles. The SMILES string of the molecule is CC(=O)c1ccc(S(=O)(=O)N2CCCCC2C(=O)Nc2ncn(Cc3ccccc3)n2)cc1. The second kappa shape index (κ2) is 9.63. The molecule has 2 aromatic carbocycles. The fourth-order valence-electron chi connectivity index (χ4n) is 3.84. The summed E-state index contributed by atoms with van der Waals surface area (Å²) < 4.78 is 29.4. The number of piperidine rings is 1. The van der Waals surface area contributed by atoms with Gasteiger partial charge in [0.25, 0.3) is 0 Å². The molecule has 9 nitrogen and oxygen atoms in total. The van der Waals surface area contributed by atoms with E-state index in [1.807, 2.05) is 30.3 Å². The Hall–Kier alpha value is -3.37. The van der Waals surface area contributed by atoms with Crippen LogP contribution >= 0.6 is 0 Å². The Kier molecular flexibility index (Phi) is 6.66. The molecule has 0 spiro atoms. The van der Waals surface area contributed by atoms with E-state index in [0.717, 1.165) is 12.0 Å². The van der Waals surface area contributed by atoms with Crippen molar-refractivity contribution < 1.29 is 18.0 Å². The number of hydrogen-bond acceptors (Lipinski definition) is 6. The maximum absolute atomic E-state index is 13.3. The summed E-state index contributed by atoms with van der Waals surface area (Å²) in [5.74, 6) is -0.478. The van der Waals surface area contributed by atoms with Gasteiger partial charge in [0.05, 0.1) is 11.4 Å². The minimum absolute atomic E-state index is 0.0532. The topological polar surface area (TPSA) is 114 Å². The van der Waals surface area contributed by atoms with Gasteiger partial charge in [0.2, 0.25) is 21.9 Å². The molecule has 1 unspecified atom stereocenters. The van der Waals surface area contributed by atoms with Crippen LogP contribution in [0.25, 0.3) is 0 Å². The van der Waals surface area contributed by atoms with E-state index in [1.165, 1.54) is 41.8 Å². The van der Waals surface area contributed by atoms with Crippen LogP contribution in [-0.2, 0) is 21.4 Å². The number of anilines is 1. The molecule has 3 aromatic rings. The first-order chi connectivity index (χ1) is 15.8. The number of amides is 1. The predicted octanol–water partition coefficient (Wildman–Crippen LogP) is 2.71. The van der Waals surface area contributed by atoms with E-state index >= 15 is 0 Å². The first-order valence-electron chi connectivity index (χ1n) is 10.7. The third-order valence-corrected chi connectivity index (χ3v) is 7.51. The van der Waals surface area contributed by atoms with Crippen molar-refractivity contribution in [3.63, 3.8) is 0 Å². The average Bonchev–Trinajstić information content (AvgIpc) is 3.26. The fourth-order valence-corrected chi connectivity index (χ4v) is 5.50. The van der Waals surface area contributed by atoms with Gasteiger partial charge in [0, 0.05) is 12.1 Å². The number of hydrogen-bond donors (Lipinski definition) is 1. The van der Waals surface area contributed by atoms with Crippen molar-refractivity contribution in [2.45, 2.75) is 43.7 Å². The lowest BCUT2D eigenvalue weighted by molar-refractivity contribution is -0.120. The van der Waals surface area contributed by atoms with Crippen LogP contribution in [0.15, 0.2) is 65.8 Å². The highest BCUT2D eigenvalue weighted by Gasteiger charge is 2.38. The lowest BCUT2D eigenvalue weighted by atomic mass is 10.0. The third kappa shape index (κ3) is 5.18. The molecule has 1 aliphatic rings. The number of aromatic nitrogens is 3. The van der Waals surface area contributed by atoms with E-state index < -0.39 is 22.0 Å². The molecular weight excluding hydrogens is 442 g/mol. The number of rotatable bonds is 7. The molecule has 0 radical (unpaired) electrons. The van der Waals surface area contributed by atoms with Gasteiger partial charge >= 0.3 is 0 Å². The van der Waals surface area contributed by atoms with Crippen LogP contribution in [0.1, 0.15) is 42.1 Å². The maximum atomic E-state index is 13.3. The van der Waals surface area contributed by atoms with Crippen molar-refractivity contribution in [3.05, 3.63) is 72.1 Å². The van der Waals surface area contributed by atoms with Gasteiger partial charge in [-0.15, -0.1) is 5.10 Å². The molecule has 1 amide bonds. The normalized spacial score (nSPS) is 16.9. The van der Waals surface area contributed by atoms with Crippen LogP contribution in [-0.4, -0.2) is 51.8 Å². The molecule has 0 saturated carbocycles. The second-order valence-corrected chi connectivity index (χ2v) is 9.84. The molecule has 172 valence electrons. The van der Waals surface area contributed by atoms with E-state index in [2.05, 4.69) is 15.4 Å². The number of nitrogens with one attached hydrogen (secondary N) is 1. The summed E-state index contributed by atoms with van der Waals surface area (Å²) in [6.45, 7) is 2.17. The van der Waals surface area contributed by atoms with Crippen LogP contribution in [0.3, 0.4) is 0 Å². The first kappa shape index (κ1) is 22.8. The van der Waals surface area contributed by atoms with E-state index in [1.54, 1.807) is 4.68 Å². The third-order valence-electron chi connectivity index (χ3n) is 5.58. The highest BCUT2D eigenvalue weighted by atomic mass is 32.2. The summed E-state index contributed by atoms with van der Waals surface area (Å²) >= 11 is 0. The monoisotopic (exact) mass is 467 g/mol. The number of sulfonamides is 1. The minimum atomic E-state index is -3.91. The quantitative estimate of drug-likeness (QED) is 0.535. The van der Waals surface area contributed by atoms with Gasteiger partial charge in [-0.05, 0) is 37.5 Å². The zero-order valence-electron chi connectivity index (χ0n) is 18.2. The molecule has 2 heterocycles. The van der Waals surface area contributed by atoms with Crippen molar-refractivity contribution in [2.75, 3.05) is 11.9 Å². The Bertz CT molecular complexity index is 1240. The van der Waals surface area contributed by atoms with Gasteiger partial charge < -0.3 is 0 Å². The second-order valence-electron chi connectivity index (χ2n) is 7.95. The zero-order chi connectivity index (χ0) is 23.4. The van der Waals surface area contributed by atoms with Crippen molar-refractivity contribution in [3.8, 4) is 0 Å². The minimum Gasteiger partial charge on any atom is -0.295 e. The number of nitrogens with zero attached hydrogens (tertiary/aromatic N) is 4. The summed E-state index contributed by atoms with van der Waals surface area (Å²) in [6.07, 6.45) is 3.33. The molecule has 10 heteroatoms. The molecular formula is C23H25N5O4S. The lowest BCUT2D eigenvalue weighted by Gasteiger charge is -2.33. The summed E-state index contributed by atoms with van der Waals surface area (Å²) in [7, 11) is -3.91. The van der Waals surface area contributed by atoms with Gasteiger partial charge in [0.1, 0.15) is 12.4 Å². The van der Waals surface area contributed by atoms with Crippen molar-refractivity contribution in [1.29, 1.82) is 0 Å². The van der Waals surface area contributed by atoms with Crippen molar-refractivity contribution in [1.82, 2.24) is 19.1 Å². The van der Waals surface area contributed by atoms with Crippen LogP contribution in [0.4, 0.5) is 5.95 Å². The van der Waals surface area contributed by atoms with Gasteiger partial charge in [-0.2, -0.15) is 4.31 Å². The lowest BCUT2D eigenvalue weighted by Crippen LogP contribution is -2.49. The Morgan fingerprint density at radius 1 is 1.06 bits per heavy atom. The molecule has 33 heavy (non-hydrogen) atoms. The molecule has 4 rings (SSSR count). The highest BCUT2D eigenvalue weighted by Crippen LogP contribution is 2.26. The Labute approximate surface area is 192 Å². The summed E-state index contributed by atoms with van der Waals surface area (Å²) in [6, 6.07) is 14.6. The number of benzene rings is 2. The van der Waals surface area contributed by atoms with E-state index in [9.17, 15) is 18.0 Å². The van der Waals surface area contributed by atoms with Crippen molar-refractivity contribution >= 4 is 27.7 Å². The molecule has 1 atom stereocenters. The van der Waals surface area contributed by atoms with E-state index in [0.29, 0.717) is 24.9 Å².